The Balaban J connectivity index is 2.03. The fraction of sp³-hybridized carbons (Fsp3) is 0.167. The molecule has 0 bridgehead atoms. The van der Waals surface area contributed by atoms with E-state index in [2.05, 4.69) is 10.6 Å². The van der Waals surface area contributed by atoms with Crippen LogP contribution in [0.15, 0.2) is 42.5 Å². The first-order valence-electron chi connectivity index (χ1n) is 8.01. The number of nitro groups is 1. The van der Waals surface area contributed by atoms with Gasteiger partial charge in [0.15, 0.2) is 6.10 Å². The highest BCUT2D eigenvalue weighted by molar-refractivity contribution is 6.34. The van der Waals surface area contributed by atoms with Gasteiger partial charge in [0.2, 0.25) is 5.91 Å². The molecule has 0 aliphatic carbocycles. The zero-order chi connectivity index (χ0) is 20.8. The predicted octanol–water partition coefficient (Wildman–Crippen LogP) is 3.39. The van der Waals surface area contributed by atoms with Gasteiger partial charge in [0.1, 0.15) is 0 Å². The van der Waals surface area contributed by atoms with Crippen molar-refractivity contribution in [3.8, 4) is 0 Å². The molecule has 0 radical (unpaired) electrons. The number of anilines is 2. The number of halogens is 1. The molecule has 2 amide bonds. The lowest BCUT2D eigenvalue weighted by Gasteiger charge is -2.14. The van der Waals surface area contributed by atoms with Gasteiger partial charge < -0.3 is 15.4 Å². The second-order valence-corrected chi connectivity index (χ2v) is 6.13. The molecule has 9 nitrogen and oxygen atoms in total. The van der Waals surface area contributed by atoms with Crippen molar-refractivity contribution in [2.24, 2.45) is 0 Å². The van der Waals surface area contributed by atoms with Gasteiger partial charge in [0.05, 0.1) is 21.2 Å². The number of nitro benzene ring substituents is 1. The van der Waals surface area contributed by atoms with Crippen molar-refractivity contribution >= 4 is 46.4 Å². The summed E-state index contributed by atoms with van der Waals surface area (Å²) in [5, 5.41) is 15.7. The maximum Gasteiger partial charge on any atom is 0.338 e. The Morgan fingerprint density at radius 1 is 1.14 bits per heavy atom. The topological polar surface area (TPSA) is 128 Å². The van der Waals surface area contributed by atoms with E-state index in [-0.39, 0.29) is 27.9 Å². The Hall–Kier alpha value is -3.46. The first kappa shape index (κ1) is 20.8. The summed E-state index contributed by atoms with van der Waals surface area (Å²) in [6.07, 6.45) is -1.16. The Bertz CT molecular complexity index is 947. The van der Waals surface area contributed by atoms with Crippen LogP contribution in [-0.2, 0) is 14.3 Å². The van der Waals surface area contributed by atoms with Crippen LogP contribution in [0.25, 0.3) is 0 Å². The number of nitrogens with zero attached hydrogens (tertiary/aromatic N) is 1. The van der Waals surface area contributed by atoms with Gasteiger partial charge in [-0.3, -0.25) is 19.7 Å². The summed E-state index contributed by atoms with van der Waals surface area (Å²) in [7, 11) is 0. The lowest BCUT2D eigenvalue weighted by atomic mass is 10.2. The number of ether oxygens (including phenoxy) is 1. The quantitative estimate of drug-likeness (QED) is 0.430. The number of non-ortho nitro benzene ring substituents is 1. The number of hydrogen-bond donors (Lipinski definition) is 2. The number of amides is 2. The molecular weight excluding hydrogens is 390 g/mol. The molecule has 0 fully saturated rings. The Morgan fingerprint density at radius 3 is 2.46 bits per heavy atom. The number of nitrogens with one attached hydrogen (secondary N) is 2. The minimum Gasteiger partial charge on any atom is -0.449 e. The highest BCUT2D eigenvalue weighted by Gasteiger charge is 2.21. The summed E-state index contributed by atoms with van der Waals surface area (Å²) in [6, 6.07) is 9.62. The maximum atomic E-state index is 12.2. The fourth-order valence-corrected chi connectivity index (χ4v) is 2.38. The minimum absolute atomic E-state index is 0.0240. The third kappa shape index (κ3) is 5.52. The highest BCUT2D eigenvalue weighted by atomic mass is 35.5. The van der Waals surface area contributed by atoms with Gasteiger partial charge in [-0.2, -0.15) is 0 Å². The average Bonchev–Trinajstić information content (AvgIpc) is 2.62. The molecule has 0 saturated heterocycles. The maximum absolute atomic E-state index is 12.2. The van der Waals surface area contributed by atoms with Crippen LogP contribution in [0.5, 0.6) is 0 Å². The molecule has 28 heavy (non-hydrogen) atoms. The van der Waals surface area contributed by atoms with Crippen molar-refractivity contribution in [1.29, 1.82) is 0 Å². The van der Waals surface area contributed by atoms with Crippen molar-refractivity contribution in [3.63, 3.8) is 0 Å². The summed E-state index contributed by atoms with van der Waals surface area (Å²) in [4.78, 5) is 45.6. The molecule has 0 heterocycles. The number of esters is 1. The third-order valence-corrected chi connectivity index (χ3v) is 3.81. The largest absolute Gasteiger partial charge is 0.449 e. The molecular formula is C18H16ClN3O6. The lowest BCUT2D eigenvalue weighted by Crippen LogP contribution is -2.30. The Labute approximate surface area is 164 Å². The molecule has 2 N–H and O–H groups in total. The zero-order valence-electron chi connectivity index (χ0n) is 14.9. The molecule has 0 spiro atoms. The van der Waals surface area contributed by atoms with Crippen molar-refractivity contribution in [3.05, 3.63) is 63.2 Å². The van der Waals surface area contributed by atoms with Gasteiger partial charge in [-0.05, 0) is 31.2 Å². The molecule has 2 aromatic carbocycles. The molecule has 0 saturated carbocycles. The minimum atomic E-state index is -1.16. The van der Waals surface area contributed by atoms with E-state index in [1.165, 1.54) is 38.1 Å². The Morgan fingerprint density at radius 2 is 1.86 bits per heavy atom. The molecule has 0 aromatic heterocycles. The van der Waals surface area contributed by atoms with Crippen LogP contribution in [0.4, 0.5) is 17.1 Å². The standard InChI is InChI=1S/C18H16ClN3O6/c1-10(17(24)21-16-7-6-14(22(26)27)9-15(16)19)28-18(25)12-4-3-5-13(8-12)20-11(2)23/h3-10H,1-2H3,(H,20,23)(H,21,24). The van der Waals surface area contributed by atoms with Crippen molar-refractivity contribution < 1.29 is 24.0 Å². The smallest absolute Gasteiger partial charge is 0.338 e. The summed E-state index contributed by atoms with van der Waals surface area (Å²) >= 11 is 5.92. The van der Waals surface area contributed by atoms with Crippen LogP contribution in [0.3, 0.4) is 0 Å². The number of carbonyl (C=O) groups excluding carboxylic acids is 3. The van der Waals surface area contributed by atoms with E-state index in [1.807, 2.05) is 0 Å². The van der Waals surface area contributed by atoms with Gasteiger partial charge in [-0.1, -0.05) is 17.7 Å². The molecule has 10 heteroatoms. The van der Waals surface area contributed by atoms with Crippen LogP contribution in [0.1, 0.15) is 24.2 Å². The van der Waals surface area contributed by atoms with Gasteiger partial charge >= 0.3 is 5.97 Å². The molecule has 2 rings (SSSR count). The van der Waals surface area contributed by atoms with E-state index in [0.717, 1.165) is 6.07 Å². The second-order valence-electron chi connectivity index (χ2n) is 5.72. The van der Waals surface area contributed by atoms with E-state index >= 15 is 0 Å². The fourth-order valence-electron chi connectivity index (χ4n) is 2.16. The number of rotatable bonds is 6. The first-order chi connectivity index (χ1) is 13.2. The summed E-state index contributed by atoms with van der Waals surface area (Å²) in [5.41, 5.74) is 0.491. The third-order valence-electron chi connectivity index (χ3n) is 3.49. The van der Waals surface area contributed by atoms with Crippen LogP contribution in [-0.4, -0.2) is 28.8 Å². The number of benzene rings is 2. The van der Waals surface area contributed by atoms with Gasteiger partial charge in [0, 0.05) is 24.7 Å². The van der Waals surface area contributed by atoms with Gasteiger partial charge in [-0.25, -0.2) is 4.79 Å². The lowest BCUT2D eigenvalue weighted by molar-refractivity contribution is -0.384. The number of carbonyl (C=O) groups is 3. The number of hydrogen-bond acceptors (Lipinski definition) is 6. The summed E-state index contributed by atoms with van der Waals surface area (Å²) in [6.45, 7) is 2.70. The highest BCUT2D eigenvalue weighted by Crippen LogP contribution is 2.26. The zero-order valence-corrected chi connectivity index (χ0v) is 15.6. The van der Waals surface area contributed by atoms with Crippen LogP contribution < -0.4 is 10.6 Å². The van der Waals surface area contributed by atoms with Crippen LogP contribution in [0.2, 0.25) is 5.02 Å². The van der Waals surface area contributed by atoms with Crippen LogP contribution >= 0.6 is 11.6 Å². The summed E-state index contributed by atoms with van der Waals surface area (Å²) < 4.78 is 5.12. The van der Waals surface area contributed by atoms with Crippen molar-refractivity contribution in [2.75, 3.05) is 10.6 Å². The van der Waals surface area contributed by atoms with Crippen LogP contribution in [0, 0.1) is 10.1 Å². The van der Waals surface area contributed by atoms with Crippen molar-refractivity contribution in [2.45, 2.75) is 20.0 Å². The van der Waals surface area contributed by atoms with E-state index in [1.54, 1.807) is 12.1 Å². The predicted molar refractivity (Wildman–Crippen MR) is 102 cm³/mol. The second kappa shape index (κ2) is 8.96. The Kier molecular flexibility index (Phi) is 6.67. The van der Waals surface area contributed by atoms with E-state index < -0.39 is 22.9 Å². The van der Waals surface area contributed by atoms with Crippen molar-refractivity contribution in [1.82, 2.24) is 0 Å². The molecule has 2 aromatic rings. The van der Waals surface area contributed by atoms with Gasteiger partial charge in [0.25, 0.3) is 11.6 Å². The summed E-state index contributed by atoms with van der Waals surface area (Å²) in [5.74, 6) is -1.72. The molecule has 0 aliphatic rings. The normalized spacial score (nSPS) is 11.2. The van der Waals surface area contributed by atoms with E-state index in [4.69, 9.17) is 16.3 Å². The molecule has 0 aliphatic heterocycles. The SMILES string of the molecule is CC(=O)Nc1cccc(C(=O)OC(C)C(=O)Nc2ccc([N+](=O)[O-])cc2Cl)c1. The molecule has 1 atom stereocenters. The average molecular weight is 406 g/mol. The van der Waals surface area contributed by atoms with E-state index in [9.17, 15) is 24.5 Å². The monoisotopic (exact) mass is 405 g/mol. The van der Waals surface area contributed by atoms with E-state index in [0.29, 0.717) is 5.69 Å². The van der Waals surface area contributed by atoms with Gasteiger partial charge in [-0.15, -0.1) is 0 Å². The molecule has 146 valence electrons. The molecule has 1 unspecified atom stereocenters. The first-order valence-corrected chi connectivity index (χ1v) is 8.38.